The highest BCUT2D eigenvalue weighted by atomic mass is 35.5. The van der Waals surface area contributed by atoms with E-state index in [0.717, 1.165) is 22.2 Å². The molecule has 3 aromatic rings. The predicted molar refractivity (Wildman–Crippen MR) is 89.2 cm³/mol. The molecule has 0 fully saturated rings. The lowest BCUT2D eigenvalue weighted by molar-refractivity contribution is -0.120. The molecule has 1 amide bonds. The number of halogens is 1. The molecule has 110 valence electrons. The van der Waals surface area contributed by atoms with Gasteiger partial charge in [0.2, 0.25) is 5.91 Å². The van der Waals surface area contributed by atoms with Gasteiger partial charge in [0.05, 0.1) is 12.6 Å². The number of fused-ring (bicyclic) bond motifs is 1. The third-order valence-corrected chi connectivity index (χ3v) is 3.58. The van der Waals surface area contributed by atoms with Crippen molar-refractivity contribution in [3.05, 3.63) is 70.9 Å². The number of amides is 1. The first-order chi connectivity index (χ1) is 10.7. The number of para-hydroxylation sites is 1. The second kappa shape index (κ2) is 6.45. The first-order valence-electron chi connectivity index (χ1n) is 6.85. The average Bonchev–Trinajstić information content (AvgIpc) is 2.91. The van der Waals surface area contributed by atoms with Crippen LogP contribution >= 0.6 is 11.6 Å². The number of rotatable bonds is 4. The molecule has 1 aromatic heterocycles. The van der Waals surface area contributed by atoms with Crippen LogP contribution in [0.25, 0.3) is 10.9 Å². The van der Waals surface area contributed by atoms with E-state index in [9.17, 15) is 4.79 Å². The van der Waals surface area contributed by atoms with Gasteiger partial charge < -0.3 is 4.98 Å². The Labute approximate surface area is 132 Å². The fourth-order valence-electron chi connectivity index (χ4n) is 2.19. The molecule has 0 aliphatic carbocycles. The van der Waals surface area contributed by atoms with Crippen LogP contribution in [0.15, 0.2) is 59.7 Å². The summed E-state index contributed by atoms with van der Waals surface area (Å²) >= 11 is 6.01. The number of aromatic amines is 1. The second-order valence-corrected chi connectivity index (χ2v) is 5.28. The van der Waals surface area contributed by atoms with Crippen LogP contribution in [0.2, 0.25) is 5.02 Å². The maximum Gasteiger partial charge on any atom is 0.245 e. The molecule has 0 atom stereocenters. The Morgan fingerprint density at radius 2 is 1.95 bits per heavy atom. The summed E-state index contributed by atoms with van der Waals surface area (Å²) in [6.45, 7) is 0. The van der Waals surface area contributed by atoms with Crippen molar-refractivity contribution in [2.24, 2.45) is 5.10 Å². The van der Waals surface area contributed by atoms with E-state index in [1.807, 2.05) is 48.5 Å². The van der Waals surface area contributed by atoms with Gasteiger partial charge in [-0.3, -0.25) is 4.79 Å². The first-order valence-corrected chi connectivity index (χ1v) is 7.23. The van der Waals surface area contributed by atoms with E-state index in [1.165, 1.54) is 6.21 Å². The number of H-pyrrole nitrogens is 1. The second-order valence-electron chi connectivity index (χ2n) is 4.87. The summed E-state index contributed by atoms with van der Waals surface area (Å²) in [5, 5.41) is 5.61. The number of nitrogens with one attached hydrogen (secondary N) is 2. The Balaban J connectivity index is 1.62. The van der Waals surface area contributed by atoms with E-state index < -0.39 is 0 Å². The summed E-state index contributed by atoms with van der Waals surface area (Å²) in [6.07, 6.45) is 1.78. The summed E-state index contributed by atoms with van der Waals surface area (Å²) in [5.41, 5.74) is 5.13. The Morgan fingerprint density at radius 1 is 1.18 bits per heavy atom. The third kappa shape index (κ3) is 3.35. The van der Waals surface area contributed by atoms with Crippen molar-refractivity contribution in [3.8, 4) is 0 Å². The molecule has 0 aliphatic rings. The van der Waals surface area contributed by atoms with E-state index in [-0.39, 0.29) is 12.3 Å². The van der Waals surface area contributed by atoms with Crippen LogP contribution < -0.4 is 5.43 Å². The molecular formula is C17H14ClN3O. The number of hydrogen-bond donors (Lipinski definition) is 2. The quantitative estimate of drug-likeness (QED) is 0.562. The van der Waals surface area contributed by atoms with Crippen LogP contribution in [0.5, 0.6) is 0 Å². The lowest BCUT2D eigenvalue weighted by Crippen LogP contribution is -2.19. The van der Waals surface area contributed by atoms with Gasteiger partial charge in [0.15, 0.2) is 0 Å². The summed E-state index contributed by atoms with van der Waals surface area (Å²) in [5.74, 6) is -0.185. The number of hydrazone groups is 1. The Kier molecular flexibility index (Phi) is 4.21. The number of carbonyl (C=O) groups excluding carboxylic acids is 1. The normalized spacial score (nSPS) is 11.1. The van der Waals surface area contributed by atoms with Crippen LogP contribution in [-0.4, -0.2) is 17.1 Å². The molecule has 0 spiro atoms. The Hall–Kier alpha value is -2.59. The van der Waals surface area contributed by atoms with E-state index in [2.05, 4.69) is 15.5 Å². The highest BCUT2D eigenvalue weighted by molar-refractivity contribution is 6.33. The van der Waals surface area contributed by atoms with Gasteiger partial charge in [-0.25, -0.2) is 5.43 Å². The van der Waals surface area contributed by atoms with Crippen molar-refractivity contribution in [3.63, 3.8) is 0 Å². The maximum absolute atomic E-state index is 11.9. The molecule has 4 nitrogen and oxygen atoms in total. The largest absolute Gasteiger partial charge is 0.358 e. The summed E-state index contributed by atoms with van der Waals surface area (Å²) in [7, 11) is 0. The summed E-state index contributed by atoms with van der Waals surface area (Å²) in [4.78, 5) is 15.1. The molecule has 0 saturated carbocycles. The zero-order valence-corrected chi connectivity index (χ0v) is 12.5. The molecule has 0 aliphatic heterocycles. The van der Waals surface area contributed by atoms with Gasteiger partial charge in [0.1, 0.15) is 0 Å². The molecule has 0 saturated heterocycles. The van der Waals surface area contributed by atoms with Crippen LogP contribution in [0.1, 0.15) is 11.3 Å². The van der Waals surface area contributed by atoms with Crippen molar-refractivity contribution in [1.82, 2.24) is 10.4 Å². The van der Waals surface area contributed by atoms with Gasteiger partial charge in [0.25, 0.3) is 0 Å². The smallest absolute Gasteiger partial charge is 0.245 e. The highest BCUT2D eigenvalue weighted by Gasteiger charge is 2.05. The topological polar surface area (TPSA) is 57.2 Å². The molecular weight excluding hydrogens is 298 g/mol. The molecule has 5 heteroatoms. The Bertz CT molecular complexity index is 806. The zero-order chi connectivity index (χ0) is 15.4. The van der Waals surface area contributed by atoms with Crippen LogP contribution in [0.4, 0.5) is 0 Å². The molecule has 2 aromatic carbocycles. The number of nitrogens with zero attached hydrogens (tertiary/aromatic N) is 1. The van der Waals surface area contributed by atoms with Gasteiger partial charge in [-0.1, -0.05) is 48.0 Å². The van der Waals surface area contributed by atoms with Gasteiger partial charge >= 0.3 is 0 Å². The van der Waals surface area contributed by atoms with Crippen molar-refractivity contribution in [2.45, 2.75) is 6.42 Å². The van der Waals surface area contributed by atoms with Gasteiger partial charge in [-0.2, -0.15) is 5.10 Å². The van der Waals surface area contributed by atoms with E-state index in [4.69, 9.17) is 11.6 Å². The van der Waals surface area contributed by atoms with E-state index in [1.54, 1.807) is 6.07 Å². The lowest BCUT2D eigenvalue weighted by Gasteiger charge is -1.99. The minimum Gasteiger partial charge on any atom is -0.358 e. The molecule has 0 unspecified atom stereocenters. The van der Waals surface area contributed by atoms with Crippen molar-refractivity contribution < 1.29 is 4.79 Å². The first kappa shape index (κ1) is 14.4. The highest BCUT2D eigenvalue weighted by Crippen LogP contribution is 2.15. The number of aromatic nitrogens is 1. The van der Waals surface area contributed by atoms with Crippen molar-refractivity contribution in [1.29, 1.82) is 0 Å². The fourth-order valence-corrected chi connectivity index (χ4v) is 2.38. The Morgan fingerprint density at radius 3 is 2.77 bits per heavy atom. The molecule has 3 rings (SSSR count). The van der Waals surface area contributed by atoms with Crippen molar-refractivity contribution in [2.75, 3.05) is 0 Å². The lowest BCUT2D eigenvalue weighted by atomic mass is 10.2. The predicted octanol–water partition coefficient (Wildman–Crippen LogP) is 3.51. The summed E-state index contributed by atoms with van der Waals surface area (Å²) < 4.78 is 0. The monoisotopic (exact) mass is 311 g/mol. The molecule has 0 radical (unpaired) electrons. The summed E-state index contributed by atoms with van der Waals surface area (Å²) in [6, 6.07) is 17.2. The van der Waals surface area contributed by atoms with E-state index >= 15 is 0 Å². The maximum atomic E-state index is 11.9. The number of benzene rings is 2. The van der Waals surface area contributed by atoms with Gasteiger partial charge in [-0.05, 0) is 23.6 Å². The van der Waals surface area contributed by atoms with Crippen LogP contribution in [-0.2, 0) is 11.2 Å². The molecule has 0 bridgehead atoms. The fraction of sp³-hybridized carbons (Fsp3) is 0.0588. The van der Waals surface area contributed by atoms with Gasteiger partial charge in [-0.15, -0.1) is 0 Å². The SMILES string of the molecule is O=C(Cc1cc2ccccc2[nH]1)N/N=C\c1ccccc1Cl. The number of hydrogen-bond acceptors (Lipinski definition) is 2. The standard InChI is InChI=1S/C17H14ClN3O/c18-15-7-3-1-6-13(15)11-19-21-17(22)10-14-9-12-5-2-4-8-16(12)20-14/h1-9,11,20H,10H2,(H,21,22)/b19-11-. The minimum absolute atomic E-state index is 0.185. The minimum atomic E-state index is -0.185. The third-order valence-electron chi connectivity index (χ3n) is 3.23. The van der Waals surface area contributed by atoms with Crippen LogP contribution in [0, 0.1) is 0 Å². The number of carbonyl (C=O) groups is 1. The molecule has 1 heterocycles. The van der Waals surface area contributed by atoms with Crippen molar-refractivity contribution >= 4 is 34.6 Å². The zero-order valence-electron chi connectivity index (χ0n) is 11.7. The van der Waals surface area contributed by atoms with E-state index in [0.29, 0.717) is 5.02 Å². The van der Waals surface area contributed by atoms with Crippen LogP contribution in [0.3, 0.4) is 0 Å². The molecule has 22 heavy (non-hydrogen) atoms. The van der Waals surface area contributed by atoms with Gasteiger partial charge in [0, 0.05) is 21.8 Å². The molecule has 2 N–H and O–H groups in total. The average molecular weight is 312 g/mol.